The van der Waals surface area contributed by atoms with Crippen molar-refractivity contribution in [3.05, 3.63) is 147 Å². The minimum Gasteiger partial charge on any atom is -0.489 e. The number of ether oxygens (including phenoxy) is 2. The monoisotopic (exact) mass is 705 g/mol. The molecule has 11 heteroatoms. The van der Waals surface area contributed by atoms with E-state index >= 15 is 0 Å². The van der Waals surface area contributed by atoms with Crippen molar-refractivity contribution in [2.24, 2.45) is 4.99 Å². The van der Waals surface area contributed by atoms with Crippen LogP contribution in [0.4, 0.5) is 0 Å². The number of hydrogen-bond acceptors (Lipinski definition) is 6. The number of carbonyl (C=O) groups excluding carboxylic acids is 1. The smallest absolute Gasteiger partial charge is 0.338 e. The van der Waals surface area contributed by atoms with Gasteiger partial charge in [-0.05, 0) is 93.4 Å². The Morgan fingerprint density at radius 1 is 0.979 bits per heavy atom. The number of benzene rings is 3. The summed E-state index contributed by atoms with van der Waals surface area (Å²) >= 11 is 20.2. The van der Waals surface area contributed by atoms with Gasteiger partial charge in [0.15, 0.2) is 4.80 Å². The van der Waals surface area contributed by atoms with E-state index in [0.29, 0.717) is 53.6 Å². The van der Waals surface area contributed by atoms with Crippen LogP contribution >= 0.6 is 46.1 Å². The van der Waals surface area contributed by atoms with Gasteiger partial charge in [-0.3, -0.25) is 9.36 Å². The van der Waals surface area contributed by atoms with E-state index in [1.54, 1.807) is 36.6 Å². The molecule has 7 nitrogen and oxygen atoms in total. The molecule has 3 heterocycles. The van der Waals surface area contributed by atoms with Crippen LogP contribution in [0.15, 0.2) is 93.9 Å². The van der Waals surface area contributed by atoms with Gasteiger partial charge in [0.1, 0.15) is 18.4 Å². The zero-order chi connectivity index (χ0) is 33.4. The van der Waals surface area contributed by atoms with E-state index in [0.717, 1.165) is 28.2 Å². The fourth-order valence-electron chi connectivity index (χ4n) is 5.75. The number of esters is 1. The third-order valence-corrected chi connectivity index (χ3v) is 9.89. The number of aryl methyl sites for hydroxylation is 1. The third kappa shape index (κ3) is 6.43. The van der Waals surface area contributed by atoms with Crippen LogP contribution in [0.3, 0.4) is 0 Å². The van der Waals surface area contributed by atoms with Gasteiger partial charge in [-0.25, -0.2) is 9.79 Å². The first-order valence-electron chi connectivity index (χ1n) is 14.9. The Hall–Kier alpha value is -4.08. The van der Waals surface area contributed by atoms with Crippen molar-refractivity contribution in [3.8, 4) is 11.4 Å². The number of nitrogens with zero attached hydrogens (tertiary/aromatic N) is 3. The SMILES string of the molecule is CCOC(=O)C1=C(C)N=c2s/c(=C\c3cc(C)n(-c4ccc(OCc5ccc(Cl)cc5Cl)cc4)c3C)c(=O)n2[C@@H]1c1ccccc1Cl. The van der Waals surface area contributed by atoms with Crippen molar-refractivity contribution in [1.29, 1.82) is 0 Å². The lowest BCUT2D eigenvalue weighted by Crippen LogP contribution is -2.40. The average molecular weight is 707 g/mol. The standard InChI is InChI=1S/C36H30Cl3N3O4S/c1-5-45-35(44)32-21(3)40-36-42(33(32)28-8-6-7-9-29(28)38)34(43)31(47-36)17-24-16-20(2)41(22(24)4)26-12-14-27(15-13-26)46-19-23-10-11-25(37)18-30(23)39/h6-18,33H,5,19H2,1-4H3/b31-17-/t33-/m1/s1. The highest BCUT2D eigenvalue weighted by Crippen LogP contribution is 2.34. The van der Waals surface area contributed by atoms with Crippen molar-refractivity contribution in [3.63, 3.8) is 0 Å². The Morgan fingerprint density at radius 3 is 2.43 bits per heavy atom. The predicted molar refractivity (Wildman–Crippen MR) is 188 cm³/mol. The number of rotatable bonds is 8. The molecule has 1 aliphatic rings. The Balaban J connectivity index is 1.35. The van der Waals surface area contributed by atoms with Gasteiger partial charge < -0.3 is 14.0 Å². The molecule has 0 radical (unpaired) electrons. The van der Waals surface area contributed by atoms with E-state index in [1.165, 1.54) is 11.3 Å². The lowest BCUT2D eigenvalue weighted by molar-refractivity contribution is -0.139. The van der Waals surface area contributed by atoms with E-state index < -0.39 is 12.0 Å². The molecular formula is C36H30Cl3N3O4S. The molecule has 240 valence electrons. The van der Waals surface area contributed by atoms with Crippen LogP contribution in [0.25, 0.3) is 11.8 Å². The molecule has 0 fully saturated rings. The summed E-state index contributed by atoms with van der Waals surface area (Å²) in [6.45, 7) is 8.04. The van der Waals surface area contributed by atoms with Gasteiger partial charge in [0.2, 0.25) is 0 Å². The summed E-state index contributed by atoms with van der Waals surface area (Å²) in [5.41, 5.74) is 5.79. The van der Waals surface area contributed by atoms with Crippen LogP contribution < -0.4 is 19.6 Å². The molecule has 0 bridgehead atoms. The molecule has 0 saturated carbocycles. The minimum atomic E-state index is -0.773. The van der Waals surface area contributed by atoms with Crippen molar-refractivity contribution in [1.82, 2.24) is 9.13 Å². The summed E-state index contributed by atoms with van der Waals surface area (Å²) in [6.07, 6.45) is 1.88. The molecular weight excluding hydrogens is 677 g/mol. The molecule has 0 aliphatic carbocycles. The summed E-state index contributed by atoms with van der Waals surface area (Å²) < 4.78 is 15.5. The Kier molecular flexibility index (Phi) is 9.48. The molecule has 0 spiro atoms. The van der Waals surface area contributed by atoms with Gasteiger partial charge in [-0.15, -0.1) is 0 Å². The number of thiazole rings is 1. The van der Waals surface area contributed by atoms with Gasteiger partial charge in [0.25, 0.3) is 5.56 Å². The predicted octanol–water partition coefficient (Wildman–Crippen LogP) is 7.75. The molecule has 1 aliphatic heterocycles. The van der Waals surface area contributed by atoms with E-state index in [9.17, 15) is 9.59 Å². The molecule has 47 heavy (non-hydrogen) atoms. The van der Waals surface area contributed by atoms with E-state index in [1.807, 2.05) is 74.5 Å². The minimum absolute atomic E-state index is 0.193. The molecule has 0 saturated heterocycles. The average Bonchev–Trinajstić information content (AvgIpc) is 3.49. The molecule has 0 unspecified atom stereocenters. The zero-order valence-corrected chi connectivity index (χ0v) is 29.1. The normalized spacial score (nSPS) is 14.6. The van der Waals surface area contributed by atoms with Gasteiger partial charge in [0, 0.05) is 37.7 Å². The van der Waals surface area contributed by atoms with E-state index in [2.05, 4.69) is 9.56 Å². The zero-order valence-electron chi connectivity index (χ0n) is 26.0. The third-order valence-electron chi connectivity index (χ3n) is 7.98. The van der Waals surface area contributed by atoms with Crippen molar-refractivity contribution in [2.45, 2.75) is 40.3 Å². The Bertz CT molecular complexity index is 2230. The Morgan fingerprint density at radius 2 is 1.72 bits per heavy atom. The number of aromatic nitrogens is 2. The highest BCUT2D eigenvalue weighted by molar-refractivity contribution is 7.07. The molecule has 6 rings (SSSR count). The first-order chi connectivity index (χ1) is 22.6. The summed E-state index contributed by atoms with van der Waals surface area (Å²) in [6, 6.07) is 21.6. The molecule has 0 N–H and O–H groups in total. The van der Waals surface area contributed by atoms with Gasteiger partial charge >= 0.3 is 5.97 Å². The fourth-order valence-corrected chi connectivity index (χ4v) is 7.49. The largest absolute Gasteiger partial charge is 0.489 e. The van der Waals surface area contributed by atoms with Crippen molar-refractivity contribution in [2.75, 3.05) is 6.61 Å². The van der Waals surface area contributed by atoms with E-state index in [4.69, 9.17) is 44.3 Å². The van der Waals surface area contributed by atoms with Gasteiger partial charge in [-0.2, -0.15) is 0 Å². The van der Waals surface area contributed by atoms with Crippen LogP contribution in [-0.4, -0.2) is 21.7 Å². The molecule has 5 aromatic rings. The van der Waals surface area contributed by atoms with E-state index in [-0.39, 0.29) is 12.2 Å². The number of hydrogen-bond donors (Lipinski definition) is 0. The number of fused-ring (bicyclic) bond motifs is 1. The van der Waals surface area contributed by atoms with Gasteiger partial charge in [0.05, 0.1) is 22.4 Å². The van der Waals surface area contributed by atoms with Crippen LogP contribution in [0.1, 0.15) is 48.0 Å². The first kappa shape index (κ1) is 32.8. The number of allylic oxidation sites excluding steroid dienone is 1. The van der Waals surface area contributed by atoms with Crippen LogP contribution in [0, 0.1) is 13.8 Å². The van der Waals surface area contributed by atoms with Crippen LogP contribution in [0.5, 0.6) is 5.75 Å². The quantitative estimate of drug-likeness (QED) is 0.155. The molecule has 1 atom stereocenters. The molecule has 0 amide bonds. The van der Waals surface area contributed by atoms with Crippen LogP contribution in [0.2, 0.25) is 15.1 Å². The van der Waals surface area contributed by atoms with Crippen molar-refractivity contribution < 1.29 is 14.3 Å². The number of carbonyl (C=O) groups is 1. The summed E-state index contributed by atoms with van der Waals surface area (Å²) in [5, 5.41) is 1.58. The first-order valence-corrected chi connectivity index (χ1v) is 16.8. The second-order valence-corrected chi connectivity index (χ2v) is 13.3. The molecule has 2 aromatic heterocycles. The maximum absolute atomic E-state index is 14.1. The highest BCUT2D eigenvalue weighted by atomic mass is 35.5. The topological polar surface area (TPSA) is 74.8 Å². The second kappa shape index (κ2) is 13.6. The number of halogens is 3. The summed E-state index contributed by atoms with van der Waals surface area (Å²) in [4.78, 5) is 32.4. The maximum Gasteiger partial charge on any atom is 0.338 e. The molecule has 3 aromatic carbocycles. The maximum atomic E-state index is 14.1. The lowest BCUT2D eigenvalue weighted by Gasteiger charge is -2.25. The summed E-state index contributed by atoms with van der Waals surface area (Å²) in [5.74, 6) is 0.177. The second-order valence-electron chi connectivity index (χ2n) is 11.0. The fraction of sp³-hybridized carbons (Fsp3) is 0.194. The highest BCUT2D eigenvalue weighted by Gasteiger charge is 2.34. The van der Waals surface area contributed by atoms with Crippen molar-refractivity contribution >= 4 is 58.2 Å². The van der Waals surface area contributed by atoms with Crippen LogP contribution in [-0.2, 0) is 16.1 Å². The van der Waals surface area contributed by atoms with Gasteiger partial charge in [-0.1, -0.05) is 70.4 Å². The lowest BCUT2D eigenvalue weighted by atomic mass is 9.96. The summed E-state index contributed by atoms with van der Waals surface area (Å²) in [7, 11) is 0. The Labute approximate surface area is 290 Å².